The molecule has 0 unspecified atom stereocenters. The van der Waals surface area contributed by atoms with Crippen LogP contribution in [0.1, 0.15) is 69.9 Å². The average molecular weight is 535 g/mol. The number of hydrogen-bond donors (Lipinski definition) is 1. The van der Waals surface area contributed by atoms with Crippen molar-refractivity contribution in [1.29, 1.82) is 0 Å². The summed E-state index contributed by atoms with van der Waals surface area (Å²) in [6.45, 7) is 6.69. The second-order valence-corrected chi connectivity index (χ2v) is 11.9. The Hall–Kier alpha value is -3.55. The molecule has 39 heavy (non-hydrogen) atoms. The van der Waals surface area contributed by atoms with Crippen molar-refractivity contribution in [3.63, 3.8) is 0 Å². The summed E-state index contributed by atoms with van der Waals surface area (Å²) in [5.74, 6) is -1.32. The van der Waals surface area contributed by atoms with Crippen LogP contribution in [0.15, 0.2) is 48.5 Å². The normalized spacial score (nSPS) is 21.3. The third kappa shape index (κ3) is 5.75. The van der Waals surface area contributed by atoms with Gasteiger partial charge < -0.3 is 24.4 Å². The Labute approximate surface area is 229 Å². The molecule has 5 rings (SSSR count). The van der Waals surface area contributed by atoms with Gasteiger partial charge in [-0.05, 0) is 75.1 Å². The highest BCUT2D eigenvalue weighted by molar-refractivity contribution is 5.79. The zero-order chi connectivity index (χ0) is 27.7. The molecule has 8 nitrogen and oxygen atoms in total. The highest BCUT2D eigenvalue weighted by atomic mass is 16.6. The number of carboxylic acids is 1. The molecule has 0 radical (unpaired) electrons. The van der Waals surface area contributed by atoms with Crippen LogP contribution in [0.3, 0.4) is 0 Å². The summed E-state index contributed by atoms with van der Waals surface area (Å²) in [6, 6.07) is 16.1. The molecule has 0 bridgehead atoms. The van der Waals surface area contributed by atoms with Crippen molar-refractivity contribution in [3.05, 3.63) is 59.7 Å². The molecule has 0 aromatic heterocycles. The summed E-state index contributed by atoms with van der Waals surface area (Å²) in [7, 11) is 0. The number of carbonyl (C=O) groups is 3. The summed E-state index contributed by atoms with van der Waals surface area (Å²) in [6.07, 6.45) is 2.04. The van der Waals surface area contributed by atoms with Crippen LogP contribution in [0.25, 0.3) is 11.1 Å². The van der Waals surface area contributed by atoms with Crippen LogP contribution in [0.4, 0.5) is 9.59 Å². The van der Waals surface area contributed by atoms with Gasteiger partial charge in [-0.1, -0.05) is 48.5 Å². The van der Waals surface area contributed by atoms with E-state index in [-0.39, 0.29) is 30.7 Å². The topological polar surface area (TPSA) is 96.4 Å². The largest absolute Gasteiger partial charge is 0.481 e. The van der Waals surface area contributed by atoms with Gasteiger partial charge in [-0.25, -0.2) is 9.59 Å². The number of likely N-dealkylation sites (tertiary alicyclic amines) is 1. The van der Waals surface area contributed by atoms with Crippen LogP contribution in [0, 0.1) is 5.92 Å². The van der Waals surface area contributed by atoms with E-state index in [0.29, 0.717) is 45.2 Å². The predicted molar refractivity (Wildman–Crippen MR) is 147 cm³/mol. The zero-order valence-corrected chi connectivity index (χ0v) is 23.0. The second kappa shape index (κ2) is 10.9. The standard InChI is InChI=1S/C31H38N2O6/c1-31(2,3)39-29(36)32-16-14-21(15-17-32)33(22-13-12-20(18-22)28(34)35)30(37)38-19-27-25-10-6-4-8-23(25)24-9-5-7-11-26(24)27/h4-11,20-22,27H,12-19H2,1-3H3,(H,34,35)/t20-,22+/m0/s1. The lowest BCUT2D eigenvalue weighted by atomic mass is 9.98. The number of rotatable bonds is 5. The molecule has 1 saturated carbocycles. The van der Waals surface area contributed by atoms with E-state index in [1.165, 1.54) is 11.1 Å². The van der Waals surface area contributed by atoms with Crippen molar-refractivity contribution < 1.29 is 29.0 Å². The van der Waals surface area contributed by atoms with Gasteiger partial charge >= 0.3 is 18.2 Å². The van der Waals surface area contributed by atoms with Crippen molar-refractivity contribution in [2.24, 2.45) is 5.92 Å². The van der Waals surface area contributed by atoms with Gasteiger partial charge in [0.25, 0.3) is 0 Å². The van der Waals surface area contributed by atoms with Crippen LogP contribution in [-0.4, -0.2) is 70.4 Å². The van der Waals surface area contributed by atoms with Gasteiger partial charge in [-0.3, -0.25) is 4.79 Å². The SMILES string of the molecule is CC(C)(C)OC(=O)N1CCC(N(C(=O)OCC2c3ccccc3-c3ccccc32)[C@@H]2CC[C@H](C(=O)O)C2)CC1. The van der Waals surface area contributed by atoms with Crippen molar-refractivity contribution in [1.82, 2.24) is 9.80 Å². The van der Waals surface area contributed by atoms with E-state index in [2.05, 4.69) is 24.3 Å². The summed E-state index contributed by atoms with van der Waals surface area (Å²) in [4.78, 5) is 41.5. The Morgan fingerprint density at radius 2 is 1.49 bits per heavy atom. The first-order valence-corrected chi connectivity index (χ1v) is 14.0. The number of benzene rings is 2. The third-order valence-electron chi connectivity index (χ3n) is 8.20. The van der Waals surface area contributed by atoms with Crippen LogP contribution in [-0.2, 0) is 14.3 Å². The summed E-state index contributed by atoms with van der Waals surface area (Å²) >= 11 is 0. The number of fused-ring (bicyclic) bond motifs is 3. The van der Waals surface area contributed by atoms with Gasteiger partial charge in [0.1, 0.15) is 12.2 Å². The van der Waals surface area contributed by atoms with Crippen molar-refractivity contribution in [2.45, 2.75) is 76.5 Å². The van der Waals surface area contributed by atoms with E-state index < -0.39 is 23.6 Å². The number of carboxylic acid groups (broad SMARTS) is 1. The lowest BCUT2D eigenvalue weighted by Gasteiger charge is -2.41. The van der Waals surface area contributed by atoms with Gasteiger partial charge in [-0.2, -0.15) is 0 Å². The minimum absolute atomic E-state index is 0.0486. The van der Waals surface area contributed by atoms with Gasteiger partial charge in [0.05, 0.1) is 5.92 Å². The van der Waals surface area contributed by atoms with Crippen molar-refractivity contribution >= 4 is 18.2 Å². The smallest absolute Gasteiger partial charge is 0.410 e. The predicted octanol–water partition coefficient (Wildman–Crippen LogP) is 5.89. The molecule has 208 valence electrons. The van der Waals surface area contributed by atoms with Gasteiger partial charge in [0.2, 0.25) is 0 Å². The molecule has 2 amide bonds. The van der Waals surface area contributed by atoms with E-state index in [4.69, 9.17) is 9.47 Å². The lowest BCUT2D eigenvalue weighted by molar-refractivity contribution is -0.141. The molecule has 3 aliphatic rings. The van der Waals surface area contributed by atoms with Crippen LogP contribution in [0.5, 0.6) is 0 Å². The van der Waals surface area contributed by atoms with Crippen LogP contribution < -0.4 is 0 Å². The Morgan fingerprint density at radius 3 is 2.03 bits per heavy atom. The van der Waals surface area contributed by atoms with E-state index in [9.17, 15) is 19.5 Å². The third-order valence-corrected chi connectivity index (χ3v) is 8.20. The summed E-state index contributed by atoms with van der Waals surface area (Å²) in [5, 5.41) is 9.59. The van der Waals surface area contributed by atoms with Gasteiger partial charge in [-0.15, -0.1) is 0 Å². The van der Waals surface area contributed by atoms with Crippen molar-refractivity contribution in [3.8, 4) is 11.1 Å². The highest BCUT2D eigenvalue weighted by Gasteiger charge is 2.41. The first-order chi connectivity index (χ1) is 18.6. The highest BCUT2D eigenvalue weighted by Crippen LogP contribution is 2.44. The van der Waals surface area contributed by atoms with E-state index in [0.717, 1.165) is 11.1 Å². The molecule has 1 aliphatic heterocycles. The van der Waals surface area contributed by atoms with E-state index >= 15 is 0 Å². The molecule has 2 atom stereocenters. The molecule has 2 aromatic rings. The van der Waals surface area contributed by atoms with E-state index in [1.807, 2.05) is 45.0 Å². The molecule has 2 aromatic carbocycles. The minimum atomic E-state index is -0.815. The number of piperidine rings is 1. The first kappa shape index (κ1) is 27.0. The maximum Gasteiger partial charge on any atom is 0.410 e. The zero-order valence-electron chi connectivity index (χ0n) is 23.0. The van der Waals surface area contributed by atoms with Gasteiger partial charge in [0.15, 0.2) is 0 Å². The van der Waals surface area contributed by atoms with Gasteiger partial charge in [0, 0.05) is 31.1 Å². The molecule has 8 heteroatoms. The molecule has 0 spiro atoms. The molecular weight excluding hydrogens is 496 g/mol. The Balaban J connectivity index is 1.30. The number of aliphatic carboxylic acids is 1. The molecule has 2 aliphatic carbocycles. The van der Waals surface area contributed by atoms with E-state index in [1.54, 1.807) is 9.80 Å². The van der Waals surface area contributed by atoms with Crippen molar-refractivity contribution in [2.75, 3.05) is 19.7 Å². The molecule has 1 saturated heterocycles. The number of hydrogen-bond acceptors (Lipinski definition) is 5. The fourth-order valence-corrected chi connectivity index (χ4v) is 6.35. The molecule has 1 heterocycles. The maximum absolute atomic E-state index is 13.7. The molecule has 2 fully saturated rings. The number of carbonyl (C=O) groups excluding carboxylic acids is 2. The lowest BCUT2D eigenvalue weighted by Crippen LogP contribution is -2.53. The minimum Gasteiger partial charge on any atom is -0.481 e. The fourth-order valence-electron chi connectivity index (χ4n) is 6.35. The second-order valence-electron chi connectivity index (χ2n) is 11.9. The monoisotopic (exact) mass is 534 g/mol. The fraction of sp³-hybridized carbons (Fsp3) is 0.516. The maximum atomic E-state index is 13.7. The average Bonchev–Trinajstić information content (AvgIpc) is 3.51. The van der Waals surface area contributed by atoms with Crippen LogP contribution >= 0.6 is 0 Å². The Morgan fingerprint density at radius 1 is 0.897 bits per heavy atom. The Bertz CT molecular complexity index is 1180. The number of amides is 2. The molecule has 1 N–H and O–H groups in total. The van der Waals surface area contributed by atoms with Crippen LogP contribution in [0.2, 0.25) is 0 Å². The quantitative estimate of drug-likeness (QED) is 0.514. The molecular formula is C31H38N2O6. The summed E-state index contributed by atoms with van der Waals surface area (Å²) in [5.41, 5.74) is 4.06. The Kier molecular flexibility index (Phi) is 7.56. The summed E-state index contributed by atoms with van der Waals surface area (Å²) < 4.78 is 11.6. The number of nitrogens with zero attached hydrogens (tertiary/aromatic N) is 2. The number of ether oxygens (including phenoxy) is 2. The first-order valence-electron chi connectivity index (χ1n) is 14.0.